The third kappa shape index (κ3) is 4.51. The van der Waals surface area contributed by atoms with Crippen LogP contribution in [0.5, 0.6) is 23.0 Å². The lowest BCUT2D eigenvalue weighted by Crippen LogP contribution is -2.22. The van der Waals surface area contributed by atoms with Crippen molar-refractivity contribution in [2.24, 2.45) is 5.92 Å². The van der Waals surface area contributed by atoms with Crippen LogP contribution < -0.4 is 4.74 Å². The molecule has 5 heteroatoms. The summed E-state index contributed by atoms with van der Waals surface area (Å²) < 4.78 is 6.16. The Hall–Kier alpha value is -3.21. The van der Waals surface area contributed by atoms with Crippen LogP contribution in [0.3, 0.4) is 0 Å². The molecule has 0 bridgehead atoms. The summed E-state index contributed by atoms with van der Waals surface area (Å²) >= 11 is 0. The summed E-state index contributed by atoms with van der Waals surface area (Å²) in [5, 5.41) is 30.4. The molecule has 0 radical (unpaired) electrons. The van der Waals surface area contributed by atoms with Gasteiger partial charge in [-0.3, -0.25) is 4.79 Å². The highest BCUT2D eigenvalue weighted by Crippen LogP contribution is 2.44. The summed E-state index contributed by atoms with van der Waals surface area (Å²) in [5.74, 6) is 0.180. The first-order valence-electron chi connectivity index (χ1n) is 10.0. The molecule has 0 amide bonds. The monoisotopic (exact) mass is 408 g/mol. The van der Waals surface area contributed by atoms with Gasteiger partial charge in [0.25, 0.3) is 0 Å². The predicted octanol–water partition coefficient (Wildman–Crippen LogP) is 5.60. The number of carbonyl (C=O) groups excluding carboxylic acids is 1. The predicted molar refractivity (Wildman–Crippen MR) is 116 cm³/mol. The summed E-state index contributed by atoms with van der Waals surface area (Å²) in [6, 6.07) is 7.32. The number of carbonyl (C=O) groups is 1. The van der Waals surface area contributed by atoms with Gasteiger partial charge in [0.2, 0.25) is 0 Å². The first-order chi connectivity index (χ1) is 14.2. The van der Waals surface area contributed by atoms with Crippen molar-refractivity contribution < 1.29 is 24.9 Å². The summed E-state index contributed by atoms with van der Waals surface area (Å²) in [6.07, 6.45) is 2.76. The highest BCUT2D eigenvalue weighted by atomic mass is 16.5. The Morgan fingerprint density at radius 2 is 1.90 bits per heavy atom. The zero-order valence-electron chi connectivity index (χ0n) is 17.6. The smallest absolute Gasteiger partial charge is 0.170 e. The van der Waals surface area contributed by atoms with Crippen LogP contribution in [-0.2, 0) is 6.42 Å². The van der Waals surface area contributed by atoms with E-state index < -0.39 is 6.10 Å². The van der Waals surface area contributed by atoms with Gasteiger partial charge in [0.1, 0.15) is 29.1 Å². The first-order valence-corrected chi connectivity index (χ1v) is 10.0. The number of hydrogen-bond donors (Lipinski definition) is 3. The van der Waals surface area contributed by atoms with Crippen molar-refractivity contribution in [3.63, 3.8) is 0 Å². The maximum atomic E-state index is 12.8. The van der Waals surface area contributed by atoms with Crippen molar-refractivity contribution in [1.29, 1.82) is 0 Å². The molecule has 0 fully saturated rings. The SMILES string of the molecule is C=C(C)[C@H](CC=C(C)C)Cc1c(O)ccc2c1O[C@H](c1ccc(O)cc1O)CC2=O. The molecular weight excluding hydrogens is 380 g/mol. The number of ether oxygens (including phenoxy) is 1. The number of Topliss-reactive ketones (excluding diaryl/α,β-unsaturated/α-hetero) is 1. The van der Waals surface area contributed by atoms with Crippen LogP contribution in [0.4, 0.5) is 0 Å². The lowest BCUT2D eigenvalue weighted by atomic mass is 9.86. The third-order valence-electron chi connectivity index (χ3n) is 5.49. The summed E-state index contributed by atoms with van der Waals surface area (Å²) in [5.41, 5.74) is 3.61. The number of hydrogen-bond acceptors (Lipinski definition) is 5. The van der Waals surface area contributed by atoms with E-state index in [1.807, 2.05) is 20.8 Å². The summed E-state index contributed by atoms with van der Waals surface area (Å²) in [4.78, 5) is 12.8. The van der Waals surface area contributed by atoms with Crippen LogP contribution in [0, 0.1) is 5.92 Å². The average molecular weight is 408 g/mol. The third-order valence-corrected chi connectivity index (χ3v) is 5.49. The fourth-order valence-electron chi connectivity index (χ4n) is 3.69. The largest absolute Gasteiger partial charge is 0.508 e. The molecule has 1 heterocycles. The molecule has 0 saturated carbocycles. The molecule has 5 nitrogen and oxygen atoms in total. The van der Waals surface area contributed by atoms with E-state index >= 15 is 0 Å². The molecule has 3 rings (SSSR count). The minimum absolute atomic E-state index is 0.0667. The van der Waals surface area contributed by atoms with Crippen LogP contribution in [0.25, 0.3) is 0 Å². The Morgan fingerprint density at radius 3 is 2.53 bits per heavy atom. The highest BCUT2D eigenvalue weighted by Gasteiger charge is 2.32. The molecule has 0 aliphatic carbocycles. The fraction of sp³-hybridized carbons (Fsp3) is 0.320. The number of phenols is 3. The summed E-state index contributed by atoms with van der Waals surface area (Å²) in [7, 11) is 0. The minimum Gasteiger partial charge on any atom is -0.508 e. The van der Waals surface area contributed by atoms with Crippen molar-refractivity contribution in [3.8, 4) is 23.0 Å². The Kier molecular flexibility index (Phi) is 6.20. The van der Waals surface area contributed by atoms with Crippen LogP contribution in [0.2, 0.25) is 0 Å². The van der Waals surface area contributed by atoms with Crippen molar-refractivity contribution in [2.45, 2.75) is 46.1 Å². The number of ketones is 1. The van der Waals surface area contributed by atoms with Gasteiger partial charge in [-0.15, -0.1) is 0 Å². The summed E-state index contributed by atoms with van der Waals surface area (Å²) in [6.45, 7) is 10.1. The normalized spacial score (nSPS) is 16.4. The van der Waals surface area contributed by atoms with E-state index in [4.69, 9.17) is 4.74 Å². The molecule has 0 aromatic heterocycles. The topological polar surface area (TPSA) is 87.0 Å². The van der Waals surface area contributed by atoms with Gasteiger partial charge in [0, 0.05) is 17.2 Å². The Morgan fingerprint density at radius 1 is 1.17 bits per heavy atom. The van der Waals surface area contributed by atoms with Gasteiger partial charge >= 0.3 is 0 Å². The first kappa shape index (κ1) is 21.5. The molecule has 2 atom stereocenters. The van der Waals surface area contributed by atoms with Gasteiger partial charge in [-0.2, -0.15) is 0 Å². The van der Waals surface area contributed by atoms with Gasteiger partial charge in [-0.1, -0.05) is 23.8 Å². The van der Waals surface area contributed by atoms with E-state index in [-0.39, 0.29) is 35.4 Å². The average Bonchev–Trinajstić information content (AvgIpc) is 2.66. The van der Waals surface area contributed by atoms with Crippen molar-refractivity contribution in [3.05, 3.63) is 70.8 Å². The number of allylic oxidation sites excluding steroid dienone is 3. The van der Waals surface area contributed by atoms with Gasteiger partial charge in [0.05, 0.1) is 12.0 Å². The molecule has 0 spiro atoms. The Balaban J connectivity index is 2.00. The standard InChI is InChI=1S/C25H28O5/c1-14(2)5-6-16(15(3)4)11-20-21(27)10-9-19-23(29)13-24(30-25(19)20)18-8-7-17(26)12-22(18)28/h5,7-10,12,16,24,26-28H,3,6,11,13H2,1-2,4H3/t16-,24+/m1/s1. The van der Waals surface area contributed by atoms with E-state index in [9.17, 15) is 20.1 Å². The lowest BCUT2D eigenvalue weighted by molar-refractivity contribution is 0.0844. The number of fused-ring (bicyclic) bond motifs is 1. The molecule has 30 heavy (non-hydrogen) atoms. The molecule has 1 aliphatic heterocycles. The number of aromatic hydroxyl groups is 3. The maximum absolute atomic E-state index is 12.8. The van der Waals surface area contributed by atoms with Gasteiger partial charge in [0.15, 0.2) is 5.78 Å². The van der Waals surface area contributed by atoms with Crippen LogP contribution in [0.15, 0.2) is 54.1 Å². The number of benzene rings is 2. The Bertz CT molecular complexity index is 1010. The van der Waals surface area contributed by atoms with Crippen LogP contribution >= 0.6 is 0 Å². The van der Waals surface area contributed by atoms with Crippen molar-refractivity contribution in [2.75, 3.05) is 0 Å². The molecule has 0 saturated heterocycles. The fourth-order valence-corrected chi connectivity index (χ4v) is 3.69. The highest BCUT2D eigenvalue weighted by molar-refractivity contribution is 6.00. The van der Waals surface area contributed by atoms with E-state index in [0.29, 0.717) is 28.9 Å². The van der Waals surface area contributed by atoms with Crippen molar-refractivity contribution >= 4 is 5.78 Å². The van der Waals surface area contributed by atoms with E-state index in [1.165, 1.54) is 23.8 Å². The van der Waals surface area contributed by atoms with E-state index in [1.54, 1.807) is 12.1 Å². The Labute approximate surface area is 177 Å². The van der Waals surface area contributed by atoms with Gasteiger partial charge < -0.3 is 20.1 Å². The van der Waals surface area contributed by atoms with Crippen LogP contribution in [0.1, 0.15) is 61.2 Å². The second-order valence-corrected chi connectivity index (χ2v) is 8.18. The molecule has 2 aromatic carbocycles. The molecule has 2 aromatic rings. The van der Waals surface area contributed by atoms with E-state index in [0.717, 1.165) is 12.0 Å². The van der Waals surface area contributed by atoms with Gasteiger partial charge in [-0.05, 0) is 63.8 Å². The number of phenolic OH excluding ortho intramolecular Hbond substituents is 3. The lowest BCUT2D eigenvalue weighted by Gasteiger charge is -2.29. The van der Waals surface area contributed by atoms with E-state index in [2.05, 4.69) is 12.7 Å². The zero-order chi connectivity index (χ0) is 22.0. The number of rotatable bonds is 6. The molecule has 158 valence electrons. The second-order valence-electron chi connectivity index (χ2n) is 8.18. The second kappa shape index (κ2) is 8.66. The molecular formula is C25H28O5. The zero-order valence-corrected chi connectivity index (χ0v) is 17.6. The quantitative estimate of drug-likeness (QED) is 0.542. The molecule has 1 aliphatic rings. The van der Waals surface area contributed by atoms with Crippen LogP contribution in [-0.4, -0.2) is 21.1 Å². The van der Waals surface area contributed by atoms with Gasteiger partial charge in [-0.25, -0.2) is 0 Å². The minimum atomic E-state index is -0.702. The van der Waals surface area contributed by atoms with Crippen molar-refractivity contribution in [1.82, 2.24) is 0 Å². The molecule has 3 N–H and O–H groups in total. The maximum Gasteiger partial charge on any atom is 0.170 e. The molecule has 0 unspecified atom stereocenters.